The number of hydrogen-bond donors (Lipinski definition) is 0. The van der Waals surface area contributed by atoms with Crippen molar-refractivity contribution in [3.8, 4) is 23.0 Å². The Morgan fingerprint density at radius 2 is 1.35 bits per heavy atom. The molecule has 5 heteroatoms. The summed E-state index contributed by atoms with van der Waals surface area (Å²) in [6.45, 7) is 10.7. The lowest BCUT2D eigenvalue weighted by Gasteiger charge is -2.25. The number of hydrogen-bond acceptors (Lipinski definition) is 4. The van der Waals surface area contributed by atoms with Crippen LogP contribution in [-0.2, 0) is 18.4 Å². The molecule has 1 atom stereocenters. The Morgan fingerprint density at radius 3 is 1.95 bits per heavy atom. The summed E-state index contributed by atoms with van der Waals surface area (Å²) >= 11 is 0. The predicted octanol–water partition coefficient (Wildman–Crippen LogP) is 6.38. The standard InChI is InChI=1S/C32H40NO4/c1-21(23-10-12-25(13-11-23)32(2,3)4)31-26-19-30(37-8)29(36-7)18-24(26)15-16-33(31)20-22-9-14-27(34-5)28(17-22)35-6/h9-14,17-19,21H,15-16,20H2,1-8H3/q+1. The molecule has 0 fully saturated rings. The molecule has 0 saturated carbocycles. The van der Waals surface area contributed by atoms with Crippen molar-refractivity contribution in [1.82, 2.24) is 0 Å². The van der Waals surface area contributed by atoms with E-state index in [1.165, 1.54) is 33.5 Å². The van der Waals surface area contributed by atoms with Crippen molar-refractivity contribution in [1.29, 1.82) is 0 Å². The lowest BCUT2D eigenvalue weighted by atomic mass is 9.83. The second-order valence-corrected chi connectivity index (χ2v) is 10.7. The maximum Gasteiger partial charge on any atom is 0.191 e. The van der Waals surface area contributed by atoms with Gasteiger partial charge in [-0.1, -0.05) is 45.0 Å². The SMILES string of the molecule is COc1ccc(C[N+]2=C(C(C)c3ccc(C(C)(C)C)cc3)c3cc(OC)c(OC)cc3CC2)cc1OC. The van der Waals surface area contributed by atoms with E-state index in [-0.39, 0.29) is 11.3 Å². The van der Waals surface area contributed by atoms with Crippen LogP contribution < -0.4 is 18.9 Å². The summed E-state index contributed by atoms with van der Waals surface area (Å²) in [5.74, 6) is 3.20. The quantitative estimate of drug-likeness (QED) is 0.335. The molecule has 196 valence electrons. The first kappa shape index (κ1) is 26.6. The first-order valence-electron chi connectivity index (χ1n) is 12.9. The molecule has 0 bridgehead atoms. The Bertz CT molecular complexity index is 1290. The third-order valence-electron chi connectivity index (χ3n) is 7.39. The summed E-state index contributed by atoms with van der Waals surface area (Å²) in [5, 5.41) is 0. The van der Waals surface area contributed by atoms with Crippen LogP contribution in [0.5, 0.6) is 23.0 Å². The Kier molecular flexibility index (Phi) is 7.82. The Balaban J connectivity index is 1.84. The summed E-state index contributed by atoms with van der Waals surface area (Å²) in [4.78, 5) is 0. The molecular weight excluding hydrogens is 462 g/mol. The van der Waals surface area contributed by atoms with Crippen molar-refractivity contribution in [3.63, 3.8) is 0 Å². The van der Waals surface area contributed by atoms with Crippen LogP contribution in [0.1, 0.15) is 61.4 Å². The van der Waals surface area contributed by atoms with E-state index in [4.69, 9.17) is 18.9 Å². The van der Waals surface area contributed by atoms with Gasteiger partial charge in [-0.25, -0.2) is 4.58 Å². The molecule has 0 radical (unpaired) electrons. The van der Waals surface area contributed by atoms with E-state index >= 15 is 0 Å². The lowest BCUT2D eigenvalue weighted by molar-refractivity contribution is -0.546. The van der Waals surface area contributed by atoms with Crippen molar-refractivity contribution >= 4 is 5.71 Å². The van der Waals surface area contributed by atoms with Gasteiger partial charge in [0.05, 0.1) is 34.4 Å². The minimum atomic E-state index is 0.121. The van der Waals surface area contributed by atoms with Gasteiger partial charge in [0.15, 0.2) is 35.3 Å². The molecule has 0 spiro atoms. The molecule has 37 heavy (non-hydrogen) atoms. The monoisotopic (exact) mass is 502 g/mol. The number of ether oxygens (including phenoxy) is 4. The summed E-state index contributed by atoms with van der Waals surface area (Å²) in [6, 6.07) is 19.5. The molecule has 1 aliphatic heterocycles. The fourth-order valence-corrected chi connectivity index (χ4v) is 5.21. The smallest absolute Gasteiger partial charge is 0.191 e. The average Bonchev–Trinajstić information content (AvgIpc) is 2.91. The minimum Gasteiger partial charge on any atom is -0.493 e. The highest BCUT2D eigenvalue weighted by Gasteiger charge is 2.33. The van der Waals surface area contributed by atoms with Gasteiger partial charge in [-0.3, -0.25) is 0 Å². The Labute approximate surface area is 221 Å². The van der Waals surface area contributed by atoms with E-state index in [2.05, 4.69) is 80.8 Å². The molecule has 5 nitrogen and oxygen atoms in total. The maximum absolute atomic E-state index is 5.71. The van der Waals surface area contributed by atoms with Gasteiger partial charge in [-0.05, 0) is 59.4 Å². The number of rotatable bonds is 8. The van der Waals surface area contributed by atoms with Gasteiger partial charge in [-0.15, -0.1) is 0 Å². The van der Waals surface area contributed by atoms with Crippen molar-refractivity contribution in [3.05, 3.63) is 82.4 Å². The first-order chi connectivity index (χ1) is 17.7. The van der Waals surface area contributed by atoms with E-state index in [1.807, 2.05) is 6.07 Å². The van der Waals surface area contributed by atoms with Gasteiger partial charge in [0.2, 0.25) is 0 Å². The fourth-order valence-electron chi connectivity index (χ4n) is 5.21. The number of fused-ring (bicyclic) bond motifs is 1. The molecule has 3 aromatic carbocycles. The summed E-state index contributed by atoms with van der Waals surface area (Å²) in [7, 11) is 6.74. The summed E-state index contributed by atoms with van der Waals surface area (Å²) in [6.07, 6.45) is 0.933. The summed E-state index contributed by atoms with van der Waals surface area (Å²) < 4.78 is 24.9. The van der Waals surface area contributed by atoms with Crippen LogP contribution in [0.25, 0.3) is 0 Å². The number of nitrogens with zero attached hydrogens (tertiary/aromatic N) is 1. The second kappa shape index (κ2) is 10.9. The molecule has 1 heterocycles. The van der Waals surface area contributed by atoms with Gasteiger partial charge in [0.25, 0.3) is 0 Å². The molecular formula is C32H40NO4+. The number of methoxy groups -OCH3 is 4. The molecule has 0 saturated heterocycles. The van der Waals surface area contributed by atoms with Gasteiger partial charge < -0.3 is 18.9 Å². The molecule has 3 aromatic rings. The van der Waals surface area contributed by atoms with Crippen LogP contribution >= 0.6 is 0 Å². The zero-order chi connectivity index (χ0) is 26.7. The first-order valence-corrected chi connectivity index (χ1v) is 12.9. The van der Waals surface area contributed by atoms with Crippen LogP contribution in [0.3, 0.4) is 0 Å². The Morgan fingerprint density at radius 1 is 0.757 bits per heavy atom. The molecule has 1 unspecified atom stereocenters. The predicted molar refractivity (Wildman–Crippen MR) is 149 cm³/mol. The van der Waals surface area contributed by atoms with E-state index < -0.39 is 0 Å². The Hall–Kier alpha value is -3.47. The molecule has 0 aliphatic carbocycles. The van der Waals surface area contributed by atoms with Crippen molar-refractivity contribution in [2.45, 2.75) is 52.0 Å². The largest absolute Gasteiger partial charge is 0.493 e. The van der Waals surface area contributed by atoms with Crippen LogP contribution in [0.4, 0.5) is 0 Å². The summed E-state index contributed by atoms with van der Waals surface area (Å²) in [5.41, 5.74) is 7.73. The van der Waals surface area contributed by atoms with Crippen LogP contribution in [-0.4, -0.2) is 45.3 Å². The second-order valence-electron chi connectivity index (χ2n) is 10.7. The van der Waals surface area contributed by atoms with E-state index in [9.17, 15) is 0 Å². The topological polar surface area (TPSA) is 39.9 Å². The van der Waals surface area contributed by atoms with Crippen molar-refractivity contribution < 1.29 is 23.5 Å². The highest BCUT2D eigenvalue weighted by molar-refractivity contribution is 6.03. The van der Waals surface area contributed by atoms with Crippen LogP contribution in [0.15, 0.2) is 54.6 Å². The zero-order valence-electron chi connectivity index (χ0n) is 23.5. The number of benzene rings is 3. The third-order valence-corrected chi connectivity index (χ3v) is 7.39. The highest BCUT2D eigenvalue weighted by atomic mass is 16.5. The van der Waals surface area contributed by atoms with Crippen LogP contribution in [0, 0.1) is 0 Å². The maximum atomic E-state index is 5.71. The third kappa shape index (κ3) is 5.46. The molecule has 0 N–H and O–H groups in total. The van der Waals surface area contributed by atoms with Gasteiger partial charge >= 0.3 is 0 Å². The molecule has 1 aliphatic rings. The molecule has 0 aromatic heterocycles. The van der Waals surface area contributed by atoms with Gasteiger partial charge in [-0.2, -0.15) is 0 Å². The lowest BCUT2D eigenvalue weighted by Crippen LogP contribution is -2.33. The zero-order valence-corrected chi connectivity index (χ0v) is 23.5. The van der Waals surface area contributed by atoms with E-state index in [1.54, 1.807) is 28.4 Å². The van der Waals surface area contributed by atoms with Crippen molar-refractivity contribution in [2.75, 3.05) is 35.0 Å². The molecule has 4 rings (SSSR count). The van der Waals surface area contributed by atoms with E-state index in [0.29, 0.717) is 0 Å². The average molecular weight is 503 g/mol. The van der Waals surface area contributed by atoms with Gasteiger partial charge in [0.1, 0.15) is 6.54 Å². The highest BCUT2D eigenvalue weighted by Crippen LogP contribution is 2.36. The van der Waals surface area contributed by atoms with E-state index in [0.717, 1.165) is 42.5 Å². The minimum absolute atomic E-state index is 0.121. The fraction of sp³-hybridized carbons (Fsp3) is 0.406. The van der Waals surface area contributed by atoms with Crippen LogP contribution in [0.2, 0.25) is 0 Å². The van der Waals surface area contributed by atoms with Gasteiger partial charge in [0, 0.05) is 17.5 Å². The normalized spacial score (nSPS) is 14.2. The molecule has 0 amide bonds. The van der Waals surface area contributed by atoms with Crippen molar-refractivity contribution in [2.24, 2.45) is 0 Å².